The van der Waals surface area contributed by atoms with Crippen LogP contribution < -0.4 is 4.74 Å². The second-order valence-electron chi connectivity index (χ2n) is 6.01. The van der Waals surface area contributed by atoms with Gasteiger partial charge in [0.1, 0.15) is 12.4 Å². The Kier molecular flexibility index (Phi) is 6.68. The summed E-state index contributed by atoms with van der Waals surface area (Å²) in [6.07, 6.45) is 0. The molecule has 0 saturated carbocycles. The molecule has 0 N–H and O–H groups in total. The van der Waals surface area contributed by atoms with Gasteiger partial charge < -0.3 is 19.1 Å². The summed E-state index contributed by atoms with van der Waals surface area (Å²) in [6.45, 7) is 2.18. The number of rotatable bonds is 6. The highest BCUT2D eigenvalue weighted by atomic mass is 35.5. The van der Waals surface area contributed by atoms with E-state index in [4.69, 9.17) is 25.8 Å². The van der Waals surface area contributed by atoms with Crippen LogP contribution in [-0.2, 0) is 20.9 Å². The number of hydrogen-bond acceptors (Lipinski definition) is 5. The lowest BCUT2D eigenvalue weighted by molar-refractivity contribution is -0.138. The van der Waals surface area contributed by atoms with E-state index in [0.717, 1.165) is 5.56 Å². The number of carbonyl (C=O) groups is 2. The standard InChI is InChI=1S/C20H20ClNO5/c21-17-5-7-18(8-6-17)26-13-15-1-3-16(4-2-15)20(24)27-14-19(23)22-9-11-25-12-10-22/h1-8H,9-14H2. The molecule has 1 amide bonds. The SMILES string of the molecule is O=C(OCC(=O)N1CCOCC1)c1ccc(COc2ccc(Cl)cc2)cc1. The van der Waals surface area contributed by atoms with Crippen LogP contribution in [0.5, 0.6) is 5.75 Å². The number of esters is 1. The van der Waals surface area contributed by atoms with Gasteiger partial charge in [-0.2, -0.15) is 0 Å². The maximum absolute atomic E-state index is 12.1. The van der Waals surface area contributed by atoms with Gasteiger partial charge in [-0.25, -0.2) is 4.79 Å². The van der Waals surface area contributed by atoms with Crippen LogP contribution in [-0.4, -0.2) is 49.7 Å². The third kappa shape index (κ3) is 5.70. The lowest BCUT2D eigenvalue weighted by Crippen LogP contribution is -2.42. The molecule has 6 nitrogen and oxygen atoms in total. The van der Waals surface area contributed by atoms with E-state index in [1.54, 1.807) is 53.4 Å². The van der Waals surface area contributed by atoms with Crippen LogP contribution in [0.4, 0.5) is 0 Å². The Morgan fingerprint density at radius 1 is 1.00 bits per heavy atom. The van der Waals surface area contributed by atoms with Gasteiger partial charge in [-0.3, -0.25) is 4.79 Å². The summed E-state index contributed by atoms with van der Waals surface area (Å²) in [5.74, 6) is -0.0223. The van der Waals surface area contributed by atoms with Gasteiger partial charge in [-0.15, -0.1) is 0 Å². The lowest BCUT2D eigenvalue weighted by atomic mass is 10.1. The van der Waals surface area contributed by atoms with Gasteiger partial charge in [0.2, 0.25) is 0 Å². The topological polar surface area (TPSA) is 65.1 Å². The number of hydrogen-bond donors (Lipinski definition) is 0. The van der Waals surface area contributed by atoms with E-state index in [1.165, 1.54) is 0 Å². The molecule has 0 unspecified atom stereocenters. The van der Waals surface area contributed by atoms with Crippen molar-refractivity contribution in [3.8, 4) is 5.75 Å². The molecule has 1 fully saturated rings. The molecule has 0 aromatic heterocycles. The van der Waals surface area contributed by atoms with Crippen molar-refractivity contribution >= 4 is 23.5 Å². The number of carbonyl (C=O) groups excluding carboxylic acids is 2. The van der Waals surface area contributed by atoms with Crippen LogP contribution in [0, 0.1) is 0 Å². The van der Waals surface area contributed by atoms with Gasteiger partial charge in [0.25, 0.3) is 5.91 Å². The fourth-order valence-corrected chi connectivity index (χ4v) is 2.68. The Hall–Kier alpha value is -2.57. The van der Waals surface area contributed by atoms with Crippen LogP contribution in [0.25, 0.3) is 0 Å². The molecule has 2 aromatic carbocycles. The van der Waals surface area contributed by atoms with Crippen molar-refractivity contribution in [2.75, 3.05) is 32.9 Å². The summed E-state index contributed by atoms with van der Waals surface area (Å²) >= 11 is 5.84. The van der Waals surface area contributed by atoms with Crippen LogP contribution in [0.15, 0.2) is 48.5 Å². The van der Waals surface area contributed by atoms with Crippen molar-refractivity contribution in [1.29, 1.82) is 0 Å². The number of halogens is 1. The summed E-state index contributed by atoms with van der Waals surface area (Å²) in [4.78, 5) is 25.7. The maximum atomic E-state index is 12.1. The minimum Gasteiger partial charge on any atom is -0.489 e. The molecule has 0 radical (unpaired) electrons. The van der Waals surface area contributed by atoms with Gasteiger partial charge in [0, 0.05) is 18.1 Å². The third-order valence-electron chi connectivity index (χ3n) is 4.10. The smallest absolute Gasteiger partial charge is 0.338 e. The molecule has 2 aromatic rings. The molecule has 7 heteroatoms. The summed E-state index contributed by atoms with van der Waals surface area (Å²) in [5, 5.41) is 0.650. The third-order valence-corrected chi connectivity index (χ3v) is 4.35. The number of nitrogens with zero attached hydrogens (tertiary/aromatic N) is 1. The fraction of sp³-hybridized carbons (Fsp3) is 0.300. The average molecular weight is 390 g/mol. The summed E-state index contributed by atoms with van der Waals surface area (Å²) < 4.78 is 16.0. The molecule has 0 atom stereocenters. The summed E-state index contributed by atoms with van der Waals surface area (Å²) in [6, 6.07) is 14.0. The van der Waals surface area contributed by atoms with Crippen molar-refractivity contribution in [2.45, 2.75) is 6.61 Å². The van der Waals surface area contributed by atoms with Crippen LogP contribution in [0.1, 0.15) is 15.9 Å². The van der Waals surface area contributed by atoms with Gasteiger partial charge >= 0.3 is 5.97 Å². The highest BCUT2D eigenvalue weighted by molar-refractivity contribution is 6.30. The molecule has 0 spiro atoms. The van der Waals surface area contributed by atoms with Crippen molar-refractivity contribution in [1.82, 2.24) is 4.90 Å². The van der Waals surface area contributed by atoms with Gasteiger partial charge in [-0.05, 0) is 42.0 Å². The highest BCUT2D eigenvalue weighted by Crippen LogP contribution is 2.17. The number of ether oxygens (including phenoxy) is 3. The molecule has 0 aliphatic carbocycles. The first kappa shape index (κ1) is 19.2. The molecule has 1 aliphatic rings. The zero-order valence-corrected chi connectivity index (χ0v) is 15.5. The van der Waals surface area contributed by atoms with Crippen LogP contribution in [0.3, 0.4) is 0 Å². The molecule has 0 bridgehead atoms. The Morgan fingerprint density at radius 2 is 1.67 bits per heavy atom. The second kappa shape index (κ2) is 9.39. The lowest BCUT2D eigenvalue weighted by Gasteiger charge is -2.26. The highest BCUT2D eigenvalue weighted by Gasteiger charge is 2.18. The van der Waals surface area contributed by atoms with Crippen molar-refractivity contribution in [3.63, 3.8) is 0 Å². The van der Waals surface area contributed by atoms with E-state index in [9.17, 15) is 9.59 Å². The Balaban J connectivity index is 1.46. The quantitative estimate of drug-likeness (QED) is 0.711. The molecule has 27 heavy (non-hydrogen) atoms. The molecule has 3 rings (SSSR count). The summed E-state index contributed by atoms with van der Waals surface area (Å²) in [7, 11) is 0. The van der Waals surface area contributed by atoms with Crippen molar-refractivity contribution in [2.24, 2.45) is 0 Å². The fourth-order valence-electron chi connectivity index (χ4n) is 2.55. The van der Waals surface area contributed by atoms with E-state index < -0.39 is 5.97 Å². The van der Waals surface area contributed by atoms with E-state index >= 15 is 0 Å². The molecular formula is C20H20ClNO5. The first-order valence-electron chi connectivity index (χ1n) is 8.62. The Labute approximate surface area is 162 Å². The second-order valence-corrected chi connectivity index (χ2v) is 6.45. The number of morpholine rings is 1. The van der Waals surface area contributed by atoms with E-state index in [-0.39, 0.29) is 12.5 Å². The summed E-state index contributed by atoms with van der Waals surface area (Å²) in [5.41, 5.74) is 1.30. The molecule has 1 saturated heterocycles. The van der Waals surface area contributed by atoms with Crippen molar-refractivity contribution < 1.29 is 23.8 Å². The van der Waals surface area contributed by atoms with E-state index in [0.29, 0.717) is 49.2 Å². The first-order chi connectivity index (χ1) is 13.1. The van der Waals surface area contributed by atoms with E-state index in [1.807, 2.05) is 0 Å². The minimum absolute atomic E-state index is 0.209. The van der Waals surface area contributed by atoms with Gasteiger partial charge in [-0.1, -0.05) is 23.7 Å². The van der Waals surface area contributed by atoms with Gasteiger partial charge in [0.05, 0.1) is 18.8 Å². The number of amides is 1. The Bertz CT molecular complexity index is 770. The molecule has 1 heterocycles. The monoisotopic (exact) mass is 389 g/mol. The normalized spacial score (nSPS) is 13.9. The number of benzene rings is 2. The maximum Gasteiger partial charge on any atom is 0.338 e. The predicted octanol–water partition coefficient (Wildman–Crippen LogP) is 2.93. The largest absolute Gasteiger partial charge is 0.489 e. The van der Waals surface area contributed by atoms with Crippen LogP contribution >= 0.6 is 11.6 Å². The average Bonchev–Trinajstić information content (AvgIpc) is 2.72. The zero-order chi connectivity index (χ0) is 19.1. The van der Waals surface area contributed by atoms with E-state index in [2.05, 4.69) is 0 Å². The Morgan fingerprint density at radius 3 is 2.33 bits per heavy atom. The minimum atomic E-state index is -0.526. The zero-order valence-electron chi connectivity index (χ0n) is 14.7. The van der Waals surface area contributed by atoms with Crippen molar-refractivity contribution in [3.05, 3.63) is 64.7 Å². The van der Waals surface area contributed by atoms with Crippen LogP contribution in [0.2, 0.25) is 5.02 Å². The van der Waals surface area contributed by atoms with Gasteiger partial charge in [0.15, 0.2) is 6.61 Å². The molecule has 142 valence electrons. The first-order valence-corrected chi connectivity index (χ1v) is 8.99. The molecule has 1 aliphatic heterocycles. The molecular weight excluding hydrogens is 370 g/mol. The predicted molar refractivity (Wildman–Crippen MR) is 99.9 cm³/mol.